The largest absolute Gasteiger partial charge is 0.416 e. The number of carbonyl (C=O) groups excluding carboxylic acids is 1. The topological polar surface area (TPSA) is 69.8 Å². The number of hydrogen-bond donors (Lipinski definition) is 3. The average molecular weight is 394 g/mol. The van der Waals surface area contributed by atoms with Crippen molar-refractivity contribution >= 4 is 17.4 Å². The van der Waals surface area contributed by atoms with Crippen LogP contribution in [0, 0.1) is 5.41 Å². The van der Waals surface area contributed by atoms with Crippen LogP contribution in [-0.4, -0.2) is 22.1 Å². The number of aromatic amines is 1. The molecule has 1 amide bonds. The third kappa shape index (κ3) is 4.85. The van der Waals surface area contributed by atoms with E-state index in [1.54, 1.807) is 6.07 Å². The van der Waals surface area contributed by atoms with E-state index in [1.807, 2.05) is 26.8 Å². The zero-order chi connectivity index (χ0) is 20.5. The van der Waals surface area contributed by atoms with Crippen molar-refractivity contribution in [2.45, 2.75) is 58.2 Å². The first kappa shape index (κ1) is 20.2. The molecule has 1 aromatic heterocycles. The quantitative estimate of drug-likeness (QED) is 0.686. The van der Waals surface area contributed by atoms with Crippen molar-refractivity contribution < 1.29 is 18.0 Å². The van der Waals surface area contributed by atoms with Gasteiger partial charge in [-0.3, -0.25) is 9.89 Å². The van der Waals surface area contributed by atoms with Crippen LogP contribution in [0.3, 0.4) is 0 Å². The molecule has 5 nitrogen and oxygen atoms in total. The lowest BCUT2D eigenvalue weighted by Gasteiger charge is -2.21. The fourth-order valence-electron chi connectivity index (χ4n) is 3.33. The van der Waals surface area contributed by atoms with E-state index in [-0.39, 0.29) is 17.9 Å². The van der Waals surface area contributed by atoms with Crippen molar-refractivity contribution in [2.75, 3.05) is 5.32 Å². The van der Waals surface area contributed by atoms with Gasteiger partial charge in [0, 0.05) is 34.8 Å². The third-order valence-corrected chi connectivity index (χ3v) is 4.95. The Morgan fingerprint density at radius 1 is 1.18 bits per heavy atom. The summed E-state index contributed by atoms with van der Waals surface area (Å²) < 4.78 is 38.5. The minimum absolute atomic E-state index is 0.0367. The van der Waals surface area contributed by atoms with Crippen LogP contribution in [0.4, 0.5) is 24.7 Å². The van der Waals surface area contributed by atoms with Crippen molar-refractivity contribution in [3.63, 3.8) is 0 Å². The molecular formula is C20H25F3N4O. The van der Waals surface area contributed by atoms with E-state index in [0.717, 1.165) is 37.1 Å². The number of anilines is 2. The summed E-state index contributed by atoms with van der Waals surface area (Å²) in [6.45, 7) is 5.65. The number of rotatable bonds is 4. The zero-order valence-corrected chi connectivity index (χ0v) is 16.2. The van der Waals surface area contributed by atoms with Gasteiger partial charge in [-0.05, 0) is 37.5 Å². The number of nitrogens with one attached hydrogen (secondary N) is 3. The minimum atomic E-state index is -4.38. The van der Waals surface area contributed by atoms with E-state index >= 15 is 0 Å². The highest BCUT2D eigenvalue weighted by Gasteiger charge is 2.32. The molecule has 0 bridgehead atoms. The molecule has 2 unspecified atom stereocenters. The van der Waals surface area contributed by atoms with E-state index in [9.17, 15) is 18.0 Å². The van der Waals surface area contributed by atoms with E-state index < -0.39 is 17.2 Å². The van der Waals surface area contributed by atoms with E-state index in [4.69, 9.17) is 0 Å². The molecular weight excluding hydrogens is 369 g/mol. The van der Waals surface area contributed by atoms with Gasteiger partial charge >= 0.3 is 6.18 Å². The second kappa shape index (κ2) is 7.48. The highest BCUT2D eigenvalue weighted by atomic mass is 19.4. The first-order valence-electron chi connectivity index (χ1n) is 9.33. The Bertz CT molecular complexity index is 838. The molecule has 2 atom stereocenters. The molecule has 0 saturated heterocycles. The molecule has 3 rings (SSSR count). The van der Waals surface area contributed by atoms with Gasteiger partial charge in [-0.1, -0.05) is 26.8 Å². The lowest BCUT2D eigenvalue weighted by atomic mass is 9.95. The molecule has 3 N–H and O–H groups in total. The van der Waals surface area contributed by atoms with Crippen LogP contribution in [-0.2, 0) is 11.0 Å². The molecule has 2 aromatic rings. The molecule has 0 aliphatic heterocycles. The summed E-state index contributed by atoms with van der Waals surface area (Å²) in [5.41, 5.74) is 0.117. The van der Waals surface area contributed by atoms with Crippen molar-refractivity contribution in [1.82, 2.24) is 15.5 Å². The van der Waals surface area contributed by atoms with E-state index in [1.165, 1.54) is 6.07 Å². The van der Waals surface area contributed by atoms with Crippen molar-refractivity contribution in [2.24, 2.45) is 5.41 Å². The van der Waals surface area contributed by atoms with Gasteiger partial charge in [0.2, 0.25) is 5.91 Å². The van der Waals surface area contributed by atoms with Crippen LogP contribution in [0.5, 0.6) is 0 Å². The van der Waals surface area contributed by atoms with Crippen molar-refractivity contribution in [3.8, 4) is 0 Å². The molecule has 1 fully saturated rings. The summed E-state index contributed by atoms with van der Waals surface area (Å²) in [4.78, 5) is 12.1. The predicted octanol–water partition coefficient (Wildman–Crippen LogP) is 4.97. The molecule has 1 saturated carbocycles. The van der Waals surface area contributed by atoms with Gasteiger partial charge < -0.3 is 10.6 Å². The number of aromatic nitrogens is 2. The number of nitrogens with zero attached hydrogens (tertiary/aromatic N) is 1. The van der Waals surface area contributed by atoms with Crippen LogP contribution >= 0.6 is 0 Å². The smallest absolute Gasteiger partial charge is 0.353 e. The number of halogens is 3. The summed E-state index contributed by atoms with van der Waals surface area (Å²) in [6, 6.07) is 6.96. The lowest BCUT2D eigenvalue weighted by Crippen LogP contribution is -2.40. The Morgan fingerprint density at radius 2 is 1.93 bits per heavy atom. The van der Waals surface area contributed by atoms with Crippen molar-refractivity contribution in [1.29, 1.82) is 0 Å². The maximum atomic E-state index is 12.8. The molecule has 0 radical (unpaired) electrons. The molecule has 1 aromatic carbocycles. The minimum Gasteiger partial charge on any atom is -0.353 e. The fraction of sp³-hybridized carbons (Fsp3) is 0.500. The summed E-state index contributed by atoms with van der Waals surface area (Å²) >= 11 is 0. The standard InChI is InChI=1S/C20H25F3N4O/c1-19(2,3)18(28)25-15-8-7-12(9-15)16-11-17(27-26-16)24-14-6-4-5-13(10-14)20(21,22)23/h4-6,10-12,15H,7-9H2,1-3H3,(H,25,28)(H2,24,26,27). The highest BCUT2D eigenvalue weighted by molar-refractivity contribution is 5.81. The van der Waals surface area contributed by atoms with Crippen LogP contribution in [0.1, 0.15) is 57.2 Å². The summed E-state index contributed by atoms with van der Waals surface area (Å²) in [5.74, 6) is 0.737. The Morgan fingerprint density at radius 3 is 2.61 bits per heavy atom. The lowest BCUT2D eigenvalue weighted by molar-refractivity contribution is -0.137. The molecule has 8 heteroatoms. The number of amides is 1. The first-order valence-corrected chi connectivity index (χ1v) is 9.33. The van der Waals surface area contributed by atoms with Gasteiger partial charge in [0.1, 0.15) is 0 Å². The summed E-state index contributed by atoms with van der Waals surface area (Å²) in [5, 5.41) is 13.1. The van der Waals surface area contributed by atoms with Gasteiger partial charge in [-0.15, -0.1) is 0 Å². The fourth-order valence-corrected chi connectivity index (χ4v) is 3.33. The molecule has 0 spiro atoms. The molecule has 152 valence electrons. The van der Waals surface area contributed by atoms with E-state index in [0.29, 0.717) is 11.5 Å². The molecule has 28 heavy (non-hydrogen) atoms. The SMILES string of the molecule is CC(C)(C)C(=O)NC1CCC(c2cc(Nc3cccc(C(F)(F)F)c3)n[nH]2)C1. The van der Waals surface area contributed by atoms with E-state index in [2.05, 4.69) is 20.8 Å². The number of carbonyl (C=O) groups is 1. The summed E-state index contributed by atoms with van der Waals surface area (Å²) in [7, 11) is 0. The van der Waals surface area contributed by atoms with Gasteiger partial charge in [0.25, 0.3) is 0 Å². The summed E-state index contributed by atoms with van der Waals surface area (Å²) in [6.07, 6.45) is -1.76. The maximum Gasteiger partial charge on any atom is 0.416 e. The number of H-pyrrole nitrogens is 1. The average Bonchev–Trinajstić information content (AvgIpc) is 3.23. The Kier molecular flexibility index (Phi) is 5.41. The Hall–Kier alpha value is -2.51. The first-order chi connectivity index (χ1) is 13.0. The number of alkyl halides is 3. The molecule has 1 aliphatic rings. The monoisotopic (exact) mass is 394 g/mol. The zero-order valence-electron chi connectivity index (χ0n) is 16.2. The maximum absolute atomic E-state index is 12.8. The second-order valence-electron chi connectivity index (χ2n) is 8.34. The van der Waals surface area contributed by atoms with Crippen molar-refractivity contribution in [3.05, 3.63) is 41.6 Å². The van der Waals surface area contributed by atoms with Crippen LogP contribution in [0.2, 0.25) is 0 Å². The van der Waals surface area contributed by atoms with Gasteiger partial charge in [0.15, 0.2) is 5.82 Å². The normalized spacial score (nSPS) is 20.2. The highest BCUT2D eigenvalue weighted by Crippen LogP contribution is 2.35. The van der Waals surface area contributed by atoms with Gasteiger partial charge in [-0.25, -0.2) is 0 Å². The van der Waals surface area contributed by atoms with Crippen LogP contribution < -0.4 is 10.6 Å². The second-order valence-corrected chi connectivity index (χ2v) is 8.34. The third-order valence-electron chi connectivity index (χ3n) is 4.95. The predicted molar refractivity (Wildman–Crippen MR) is 101 cm³/mol. The molecule has 1 heterocycles. The van der Waals surface area contributed by atoms with Crippen LogP contribution in [0.15, 0.2) is 30.3 Å². The Balaban J connectivity index is 1.61. The van der Waals surface area contributed by atoms with Gasteiger partial charge in [0.05, 0.1) is 5.56 Å². The Labute approximate surface area is 162 Å². The van der Waals surface area contributed by atoms with Gasteiger partial charge in [-0.2, -0.15) is 18.3 Å². The van der Waals surface area contributed by atoms with Crippen LogP contribution in [0.25, 0.3) is 0 Å². The number of benzene rings is 1. The number of hydrogen-bond acceptors (Lipinski definition) is 3. The molecule has 1 aliphatic carbocycles.